The van der Waals surface area contributed by atoms with Gasteiger partial charge in [-0.1, -0.05) is 18.2 Å². The Morgan fingerprint density at radius 3 is 2.67 bits per heavy atom. The van der Waals surface area contributed by atoms with Crippen LogP contribution in [0.25, 0.3) is 0 Å². The van der Waals surface area contributed by atoms with Crippen LogP contribution < -0.4 is 5.73 Å². The van der Waals surface area contributed by atoms with Gasteiger partial charge in [0, 0.05) is 25.9 Å². The zero-order valence-electron chi connectivity index (χ0n) is 10.9. The van der Waals surface area contributed by atoms with E-state index in [4.69, 9.17) is 10.8 Å². The van der Waals surface area contributed by atoms with Crippen LogP contribution in [0.15, 0.2) is 24.3 Å². The molecule has 100 valence electrons. The molecule has 0 atom stereocenters. The van der Waals surface area contributed by atoms with Crippen molar-refractivity contribution >= 4 is 11.6 Å². The zero-order chi connectivity index (χ0) is 13.4. The molecule has 0 heterocycles. The molecule has 1 amide bonds. The van der Waals surface area contributed by atoms with E-state index in [2.05, 4.69) is 0 Å². The molecule has 1 rings (SSSR count). The van der Waals surface area contributed by atoms with Crippen molar-refractivity contribution in [2.75, 3.05) is 25.9 Å². The fourth-order valence-corrected chi connectivity index (χ4v) is 1.76. The summed E-state index contributed by atoms with van der Waals surface area (Å²) < 4.78 is 0. The molecule has 0 spiro atoms. The van der Waals surface area contributed by atoms with Crippen LogP contribution in [0.2, 0.25) is 0 Å². The molecular formula is C14H22N2O2. The quantitative estimate of drug-likeness (QED) is 0.568. The van der Waals surface area contributed by atoms with Crippen molar-refractivity contribution in [1.82, 2.24) is 4.90 Å². The predicted octanol–water partition coefficient (Wildman–Crippen LogP) is 1.43. The summed E-state index contributed by atoms with van der Waals surface area (Å²) in [5, 5.41) is 8.67. The van der Waals surface area contributed by atoms with Crippen molar-refractivity contribution in [2.24, 2.45) is 0 Å². The van der Waals surface area contributed by atoms with Crippen LogP contribution in [0, 0.1) is 0 Å². The minimum absolute atomic E-state index is 0.0805. The lowest BCUT2D eigenvalue weighted by Crippen LogP contribution is -2.29. The maximum absolute atomic E-state index is 11.9. The van der Waals surface area contributed by atoms with Crippen molar-refractivity contribution in [3.63, 3.8) is 0 Å². The fraction of sp³-hybridized carbons (Fsp3) is 0.500. The molecule has 1 aromatic rings. The molecule has 3 N–H and O–H groups in total. The van der Waals surface area contributed by atoms with Crippen LogP contribution in [0.4, 0.5) is 5.69 Å². The van der Waals surface area contributed by atoms with Crippen LogP contribution >= 0.6 is 0 Å². The number of unbranched alkanes of at least 4 members (excludes halogenated alkanes) is 2. The van der Waals surface area contributed by atoms with Gasteiger partial charge in [-0.3, -0.25) is 4.79 Å². The van der Waals surface area contributed by atoms with Gasteiger partial charge >= 0.3 is 0 Å². The van der Waals surface area contributed by atoms with E-state index >= 15 is 0 Å². The second kappa shape index (κ2) is 7.71. The highest BCUT2D eigenvalue weighted by atomic mass is 16.2. The van der Waals surface area contributed by atoms with Crippen molar-refractivity contribution in [3.8, 4) is 0 Å². The second-order valence-electron chi connectivity index (χ2n) is 4.48. The molecule has 0 aliphatic carbocycles. The Balaban J connectivity index is 2.38. The van der Waals surface area contributed by atoms with Crippen LogP contribution in [-0.2, 0) is 11.2 Å². The number of benzene rings is 1. The Kier molecular flexibility index (Phi) is 6.22. The number of carbonyl (C=O) groups excluding carboxylic acids is 1. The first kappa shape index (κ1) is 14.5. The smallest absolute Gasteiger partial charge is 0.226 e. The summed E-state index contributed by atoms with van der Waals surface area (Å²) in [6.07, 6.45) is 3.02. The molecule has 0 saturated heterocycles. The number of aliphatic hydroxyl groups excluding tert-OH is 1. The average molecular weight is 250 g/mol. The molecule has 1 aromatic carbocycles. The van der Waals surface area contributed by atoms with Gasteiger partial charge in [-0.15, -0.1) is 0 Å². The highest BCUT2D eigenvalue weighted by Crippen LogP contribution is 2.12. The molecule has 0 saturated carbocycles. The number of anilines is 1. The number of carbonyl (C=O) groups is 1. The lowest BCUT2D eigenvalue weighted by atomic mass is 10.1. The summed E-state index contributed by atoms with van der Waals surface area (Å²) in [6.45, 7) is 0.948. The Morgan fingerprint density at radius 2 is 2.00 bits per heavy atom. The molecule has 0 aliphatic heterocycles. The molecular weight excluding hydrogens is 228 g/mol. The first-order chi connectivity index (χ1) is 8.65. The van der Waals surface area contributed by atoms with Gasteiger partial charge in [0.15, 0.2) is 0 Å². The highest BCUT2D eigenvalue weighted by Gasteiger charge is 2.10. The topological polar surface area (TPSA) is 66.6 Å². The third-order valence-electron chi connectivity index (χ3n) is 2.97. The van der Waals surface area contributed by atoms with Crippen molar-refractivity contribution in [3.05, 3.63) is 29.8 Å². The van der Waals surface area contributed by atoms with Crippen molar-refractivity contribution in [2.45, 2.75) is 25.7 Å². The van der Waals surface area contributed by atoms with Crippen LogP contribution in [-0.4, -0.2) is 36.1 Å². The number of nitrogens with two attached hydrogens (primary N) is 1. The molecule has 0 aromatic heterocycles. The number of rotatable bonds is 7. The van der Waals surface area contributed by atoms with Gasteiger partial charge in [0.05, 0.1) is 6.42 Å². The summed E-state index contributed by atoms with van der Waals surface area (Å²) in [7, 11) is 1.81. The number of para-hydroxylation sites is 1. The fourth-order valence-electron chi connectivity index (χ4n) is 1.76. The highest BCUT2D eigenvalue weighted by molar-refractivity contribution is 5.80. The van der Waals surface area contributed by atoms with Gasteiger partial charge in [0.2, 0.25) is 5.91 Å². The molecule has 0 unspecified atom stereocenters. The third-order valence-corrected chi connectivity index (χ3v) is 2.97. The van der Waals surface area contributed by atoms with Crippen molar-refractivity contribution < 1.29 is 9.90 Å². The number of nitrogens with zero attached hydrogens (tertiary/aromatic N) is 1. The minimum atomic E-state index is 0.0805. The molecule has 0 fully saturated rings. The van der Waals surface area contributed by atoms with Gasteiger partial charge in [-0.05, 0) is 30.9 Å². The number of amides is 1. The average Bonchev–Trinajstić information content (AvgIpc) is 2.37. The Hall–Kier alpha value is -1.55. The Labute approximate surface area is 108 Å². The van der Waals surface area contributed by atoms with Crippen LogP contribution in [0.3, 0.4) is 0 Å². The lowest BCUT2D eigenvalue weighted by molar-refractivity contribution is -0.129. The summed E-state index contributed by atoms with van der Waals surface area (Å²) in [6, 6.07) is 7.44. The van der Waals surface area contributed by atoms with E-state index in [0.29, 0.717) is 12.1 Å². The maximum atomic E-state index is 11.9. The molecule has 0 aliphatic rings. The molecule has 4 heteroatoms. The van der Waals surface area contributed by atoms with Gasteiger partial charge in [-0.25, -0.2) is 0 Å². The first-order valence-corrected chi connectivity index (χ1v) is 6.33. The summed E-state index contributed by atoms with van der Waals surface area (Å²) >= 11 is 0. The second-order valence-corrected chi connectivity index (χ2v) is 4.48. The maximum Gasteiger partial charge on any atom is 0.226 e. The van der Waals surface area contributed by atoms with Crippen molar-refractivity contribution in [1.29, 1.82) is 0 Å². The molecule has 4 nitrogen and oxygen atoms in total. The summed E-state index contributed by atoms with van der Waals surface area (Å²) in [4.78, 5) is 13.7. The Morgan fingerprint density at radius 1 is 1.28 bits per heavy atom. The standard InChI is InChI=1S/C14H22N2O2/c1-16(9-5-2-6-10-17)14(18)11-12-7-3-4-8-13(12)15/h3-4,7-8,17H,2,5-6,9-11,15H2,1H3. The normalized spacial score (nSPS) is 10.3. The van der Waals surface area contributed by atoms with E-state index in [-0.39, 0.29) is 12.5 Å². The van der Waals surface area contributed by atoms with E-state index < -0.39 is 0 Å². The van der Waals surface area contributed by atoms with Gasteiger partial charge in [0.1, 0.15) is 0 Å². The largest absolute Gasteiger partial charge is 0.398 e. The monoisotopic (exact) mass is 250 g/mol. The first-order valence-electron chi connectivity index (χ1n) is 6.33. The minimum Gasteiger partial charge on any atom is -0.398 e. The van der Waals surface area contributed by atoms with Gasteiger partial charge < -0.3 is 15.7 Å². The predicted molar refractivity (Wildman–Crippen MR) is 73.1 cm³/mol. The van der Waals surface area contributed by atoms with Crippen LogP contribution in [0.1, 0.15) is 24.8 Å². The van der Waals surface area contributed by atoms with E-state index in [1.165, 1.54) is 0 Å². The Bertz CT molecular complexity index is 380. The van der Waals surface area contributed by atoms with Gasteiger partial charge in [0.25, 0.3) is 0 Å². The number of hydrogen-bond donors (Lipinski definition) is 2. The number of nitrogen functional groups attached to an aromatic ring is 1. The summed E-state index contributed by atoms with van der Waals surface area (Å²) in [5.41, 5.74) is 7.36. The number of likely N-dealkylation sites (N-methyl/N-ethyl adjacent to an activating group) is 1. The van der Waals surface area contributed by atoms with E-state index in [0.717, 1.165) is 31.4 Å². The lowest BCUT2D eigenvalue weighted by Gasteiger charge is -2.17. The SMILES string of the molecule is CN(CCCCCO)C(=O)Cc1ccccc1N. The number of hydrogen-bond acceptors (Lipinski definition) is 3. The van der Waals surface area contributed by atoms with Gasteiger partial charge in [-0.2, -0.15) is 0 Å². The van der Waals surface area contributed by atoms with E-state index in [1.54, 1.807) is 11.9 Å². The van der Waals surface area contributed by atoms with E-state index in [1.807, 2.05) is 24.3 Å². The third kappa shape index (κ3) is 4.75. The summed E-state index contributed by atoms with van der Waals surface area (Å²) in [5.74, 6) is 0.0805. The molecule has 18 heavy (non-hydrogen) atoms. The zero-order valence-corrected chi connectivity index (χ0v) is 10.9. The molecule has 0 bridgehead atoms. The van der Waals surface area contributed by atoms with E-state index in [9.17, 15) is 4.79 Å². The number of aliphatic hydroxyl groups is 1. The molecule has 0 radical (unpaired) electrons. The van der Waals surface area contributed by atoms with Crippen LogP contribution in [0.5, 0.6) is 0 Å².